The van der Waals surface area contributed by atoms with E-state index in [1.807, 2.05) is 0 Å². The van der Waals surface area contributed by atoms with Crippen LogP contribution in [0.4, 0.5) is 0 Å². The van der Waals surface area contributed by atoms with E-state index in [0.29, 0.717) is 18.7 Å². The minimum absolute atomic E-state index is 0.0526. The van der Waals surface area contributed by atoms with Crippen LogP contribution < -0.4 is 5.32 Å². The molecule has 0 fully saturated rings. The molecule has 2 N–H and O–H groups in total. The zero-order valence-electron chi connectivity index (χ0n) is 13.7. The third kappa shape index (κ3) is 4.29. The predicted octanol–water partition coefficient (Wildman–Crippen LogP) is 1.23. The van der Waals surface area contributed by atoms with Gasteiger partial charge < -0.3 is 10.4 Å². The topological polar surface area (TPSA) is 104 Å². The van der Waals surface area contributed by atoms with Gasteiger partial charge in [0.25, 0.3) is 5.91 Å². The van der Waals surface area contributed by atoms with Crippen molar-refractivity contribution in [1.29, 1.82) is 0 Å². The van der Waals surface area contributed by atoms with Crippen molar-refractivity contribution >= 4 is 21.9 Å². The summed E-state index contributed by atoms with van der Waals surface area (Å²) in [6.07, 6.45) is 0. The first kappa shape index (κ1) is 19.1. The summed E-state index contributed by atoms with van der Waals surface area (Å²) in [4.78, 5) is 22.9. The maximum absolute atomic E-state index is 12.6. The smallest absolute Gasteiger partial charge is 0.325 e. The van der Waals surface area contributed by atoms with Crippen LogP contribution in [-0.4, -0.2) is 48.8 Å². The third-order valence-corrected chi connectivity index (χ3v) is 5.68. The maximum atomic E-state index is 12.6. The van der Waals surface area contributed by atoms with Gasteiger partial charge in [-0.1, -0.05) is 19.9 Å². The number of nitrogens with zero attached hydrogens (tertiary/aromatic N) is 1. The van der Waals surface area contributed by atoms with Crippen LogP contribution in [0, 0.1) is 6.92 Å². The molecule has 7 nitrogen and oxygen atoms in total. The summed E-state index contributed by atoms with van der Waals surface area (Å²) < 4.78 is 26.5. The molecule has 0 spiro atoms. The van der Waals surface area contributed by atoms with E-state index in [1.54, 1.807) is 20.8 Å². The van der Waals surface area contributed by atoms with Crippen molar-refractivity contribution in [2.24, 2.45) is 0 Å². The van der Waals surface area contributed by atoms with E-state index in [-0.39, 0.29) is 10.5 Å². The maximum Gasteiger partial charge on any atom is 0.325 e. The van der Waals surface area contributed by atoms with Gasteiger partial charge >= 0.3 is 5.97 Å². The Hall–Kier alpha value is -1.93. The minimum Gasteiger partial charge on any atom is -0.480 e. The molecular weight excluding hydrogens is 320 g/mol. The highest BCUT2D eigenvalue weighted by molar-refractivity contribution is 7.89. The number of amides is 1. The van der Waals surface area contributed by atoms with Gasteiger partial charge in [-0.05, 0) is 31.5 Å². The molecule has 1 aromatic carbocycles. The Labute approximate surface area is 136 Å². The molecule has 1 atom stereocenters. The number of benzene rings is 1. The van der Waals surface area contributed by atoms with Crippen LogP contribution in [0.1, 0.15) is 36.7 Å². The lowest BCUT2D eigenvalue weighted by Crippen LogP contribution is -2.38. The van der Waals surface area contributed by atoms with Gasteiger partial charge in [-0.3, -0.25) is 9.59 Å². The fraction of sp³-hybridized carbons (Fsp3) is 0.467. The SMILES string of the molecule is CCN(CC)S(=O)(=O)c1cc(C(=O)N[C@H](C)C(=O)O)ccc1C. The molecule has 0 aliphatic rings. The number of aliphatic carboxylic acids is 1. The highest BCUT2D eigenvalue weighted by Gasteiger charge is 2.25. The largest absolute Gasteiger partial charge is 0.480 e. The standard InChI is InChI=1S/C15H22N2O5S/c1-5-17(6-2)23(21,22)13-9-12(8-7-10(13)3)14(18)16-11(4)15(19)20/h7-9,11H,5-6H2,1-4H3,(H,16,18)(H,19,20)/t11-/m1/s1. The molecule has 0 aliphatic carbocycles. The zero-order valence-corrected chi connectivity index (χ0v) is 14.5. The lowest BCUT2D eigenvalue weighted by molar-refractivity contribution is -0.138. The number of carboxylic acids is 1. The summed E-state index contributed by atoms with van der Waals surface area (Å²) in [7, 11) is -3.70. The number of carboxylic acid groups (broad SMARTS) is 1. The third-order valence-electron chi connectivity index (χ3n) is 3.49. The summed E-state index contributed by atoms with van der Waals surface area (Å²) in [6.45, 7) is 7.11. The molecule has 1 aromatic rings. The summed E-state index contributed by atoms with van der Waals surface area (Å²) in [5.41, 5.74) is 0.633. The Kier molecular flexibility index (Phi) is 6.28. The number of carbonyl (C=O) groups is 2. The van der Waals surface area contributed by atoms with E-state index < -0.39 is 27.9 Å². The Balaban J connectivity index is 3.23. The summed E-state index contributed by atoms with van der Waals surface area (Å²) >= 11 is 0. The molecular formula is C15H22N2O5S. The highest BCUT2D eigenvalue weighted by Crippen LogP contribution is 2.21. The molecule has 0 radical (unpaired) electrons. The van der Waals surface area contributed by atoms with E-state index in [4.69, 9.17) is 5.11 Å². The molecule has 0 aliphatic heterocycles. The van der Waals surface area contributed by atoms with Crippen LogP contribution in [0.15, 0.2) is 23.1 Å². The first-order chi connectivity index (χ1) is 10.6. The van der Waals surface area contributed by atoms with Gasteiger partial charge in [0.05, 0.1) is 4.90 Å². The number of aryl methyl sites for hydroxylation is 1. The Morgan fingerprint density at radius 3 is 2.30 bits per heavy atom. The molecule has 0 saturated carbocycles. The molecule has 0 saturated heterocycles. The van der Waals surface area contributed by atoms with Gasteiger partial charge in [0.1, 0.15) is 6.04 Å². The molecule has 1 rings (SSSR count). The zero-order chi connectivity index (χ0) is 17.8. The highest BCUT2D eigenvalue weighted by atomic mass is 32.2. The average molecular weight is 342 g/mol. The predicted molar refractivity (Wildman–Crippen MR) is 85.8 cm³/mol. The van der Waals surface area contributed by atoms with Gasteiger partial charge in [0, 0.05) is 18.7 Å². The van der Waals surface area contributed by atoms with Gasteiger partial charge in [0.2, 0.25) is 10.0 Å². The van der Waals surface area contributed by atoms with Crippen molar-refractivity contribution in [1.82, 2.24) is 9.62 Å². The van der Waals surface area contributed by atoms with E-state index in [1.165, 1.54) is 29.4 Å². The van der Waals surface area contributed by atoms with Gasteiger partial charge in [-0.2, -0.15) is 4.31 Å². The quantitative estimate of drug-likeness (QED) is 0.775. The lowest BCUT2D eigenvalue weighted by Gasteiger charge is -2.20. The van der Waals surface area contributed by atoms with E-state index >= 15 is 0 Å². The first-order valence-electron chi connectivity index (χ1n) is 7.29. The molecule has 23 heavy (non-hydrogen) atoms. The second-order valence-corrected chi connectivity index (χ2v) is 7.01. The van der Waals surface area contributed by atoms with Gasteiger partial charge in [0.15, 0.2) is 0 Å². The summed E-state index contributed by atoms with van der Waals surface area (Å²) in [5, 5.41) is 11.1. The van der Waals surface area contributed by atoms with Crippen LogP contribution in [0.5, 0.6) is 0 Å². The Morgan fingerprint density at radius 2 is 1.83 bits per heavy atom. The average Bonchev–Trinajstić information content (AvgIpc) is 2.48. The lowest BCUT2D eigenvalue weighted by atomic mass is 10.1. The van der Waals surface area contributed by atoms with E-state index in [0.717, 1.165) is 0 Å². The summed E-state index contributed by atoms with van der Waals surface area (Å²) in [5.74, 6) is -1.79. The van der Waals surface area contributed by atoms with Crippen LogP contribution >= 0.6 is 0 Å². The Morgan fingerprint density at radius 1 is 1.26 bits per heavy atom. The van der Waals surface area contributed by atoms with Crippen molar-refractivity contribution in [3.8, 4) is 0 Å². The summed E-state index contributed by atoms with van der Waals surface area (Å²) in [6, 6.07) is 3.23. The van der Waals surface area contributed by atoms with Crippen LogP contribution in [-0.2, 0) is 14.8 Å². The molecule has 0 unspecified atom stereocenters. The molecule has 0 heterocycles. The van der Waals surface area contributed by atoms with Gasteiger partial charge in [-0.25, -0.2) is 8.42 Å². The van der Waals surface area contributed by atoms with Crippen LogP contribution in [0.3, 0.4) is 0 Å². The van der Waals surface area contributed by atoms with Gasteiger partial charge in [-0.15, -0.1) is 0 Å². The molecule has 128 valence electrons. The molecule has 0 bridgehead atoms. The number of nitrogens with one attached hydrogen (secondary N) is 1. The monoisotopic (exact) mass is 342 g/mol. The van der Waals surface area contributed by atoms with E-state index in [9.17, 15) is 18.0 Å². The van der Waals surface area contributed by atoms with Crippen LogP contribution in [0.25, 0.3) is 0 Å². The number of rotatable bonds is 7. The number of sulfonamides is 1. The Bertz CT molecular complexity index is 696. The minimum atomic E-state index is -3.70. The van der Waals surface area contributed by atoms with Crippen molar-refractivity contribution in [2.75, 3.05) is 13.1 Å². The second kappa shape index (κ2) is 7.56. The van der Waals surface area contributed by atoms with Crippen molar-refractivity contribution < 1.29 is 23.1 Å². The number of carbonyl (C=O) groups excluding carboxylic acids is 1. The number of hydrogen-bond acceptors (Lipinski definition) is 4. The number of hydrogen-bond donors (Lipinski definition) is 2. The second-order valence-electron chi connectivity index (χ2n) is 5.10. The first-order valence-corrected chi connectivity index (χ1v) is 8.73. The van der Waals surface area contributed by atoms with Crippen molar-refractivity contribution in [3.05, 3.63) is 29.3 Å². The fourth-order valence-corrected chi connectivity index (χ4v) is 3.77. The molecule has 1 amide bonds. The van der Waals surface area contributed by atoms with Crippen LogP contribution in [0.2, 0.25) is 0 Å². The van der Waals surface area contributed by atoms with E-state index in [2.05, 4.69) is 5.32 Å². The normalized spacial score (nSPS) is 12.9. The molecule has 0 aromatic heterocycles. The fourth-order valence-electron chi connectivity index (χ4n) is 2.06. The van der Waals surface area contributed by atoms with Crippen molar-refractivity contribution in [3.63, 3.8) is 0 Å². The molecule has 8 heteroatoms. The van der Waals surface area contributed by atoms with Crippen molar-refractivity contribution in [2.45, 2.75) is 38.6 Å².